The number of methoxy groups -OCH3 is 1. The van der Waals surface area contributed by atoms with Gasteiger partial charge in [-0.1, -0.05) is 24.3 Å². The highest BCUT2D eigenvalue weighted by Crippen LogP contribution is 2.31. The summed E-state index contributed by atoms with van der Waals surface area (Å²) < 4.78 is 23.5. The van der Waals surface area contributed by atoms with Crippen molar-refractivity contribution in [3.05, 3.63) is 70.3 Å². The number of carbonyl (C=O) groups excluding carboxylic acids is 1. The lowest BCUT2D eigenvalue weighted by atomic mass is 9.98. The first-order valence-electron chi connectivity index (χ1n) is 8.86. The summed E-state index contributed by atoms with van der Waals surface area (Å²) in [5.41, 5.74) is 1.97. The maximum Gasteiger partial charge on any atom is 0.434 e. The summed E-state index contributed by atoms with van der Waals surface area (Å²) in [4.78, 5) is 34.4. The largest absolute Gasteiger partial charge is 0.496 e. The summed E-state index contributed by atoms with van der Waals surface area (Å²) in [6.07, 6.45) is -0.207. The molecule has 30 heavy (non-hydrogen) atoms. The molecule has 1 aromatic heterocycles. The van der Waals surface area contributed by atoms with E-state index in [0.29, 0.717) is 22.4 Å². The molecule has 0 saturated heterocycles. The molecule has 0 saturated carbocycles. The molecule has 1 heterocycles. The fourth-order valence-corrected chi connectivity index (χ4v) is 3.00. The monoisotopic (exact) mass is 415 g/mol. The first-order chi connectivity index (χ1) is 14.4. The molecule has 0 radical (unpaired) electrons. The van der Waals surface area contributed by atoms with Crippen molar-refractivity contribution in [1.82, 2.24) is 15.5 Å². The van der Waals surface area contributed by atoms with Gasteiger partial charge in [-0.15, -0.1) is 5.10 Å². The first kappa shape index (κ1) is 20.8. The predicted octanol–water partition coefficient (Wildman–Crippen LogP) is 1.99. The molecule has 2 aromatic carbocycles. The van der Waals surface area contributed by atoms with Gasteiger partial charge < -0.3 is 19.6 Å². The highest BCUT2D eigenvalue weighted by molar-refractivity contribution is 5.89. The third kappa shape index (κ3) is 5.10. The van der Waals surface area contributed by atoms with E-state index in [1.807, 2.05) is 5.10 Å². The van der Waals surface area contributed by atoms with Gasteiger partial charge in [0.05, 0.1) is 13.5 Å². The van der Waals surface area contributed by atoms with Gasteiger partial charge in [-0.05, 0) is 35.7 Å². The van der Waals surface area contributed by atoms with Crippen LogP contribution < -0.4 is 15.8 Å². The molecule has 1 atom stereocenters. The Bertz CT molecular complexity index is 1120. The van der Waals surface area contributed by atoms with Crippen LogP contribution in [0.5, 0.6) is 5.75 Å². The summed E-state index contributed by atoms with van der Waals surface area (Å²) in [7, 11) is 1.47. The predicted molar refractivity (Wildman–Crippen MR) is 103 cm³/mol. The van der Waals surface area contributed by atoms with Gasteiger partial charge >= 0.3 is 23.5 Å². The van der Waals surface area contributed by atoms with E-state index in [4.69, 9.17) is 9.84 Å². The Morgan fingerprint density at radius 2 is 2.10 bits per heavy atom. The lowest BCUT2D eigenvalue weighted by Crippen LogP contribution is -2.38. The van der Waals surface area contributed by atoms with E-state index in [9.17, 15) is 18.8 Å². The van der Waals surface area contributed by atoms with Crippen molar-refractivity contribution in [2.75, 3.05) is 7.11 Å². The molecule has 156 valence electrons. The Morgan fingerprint density at radius 1 is 1.30 bits per heavy atom. The highest BCUT2D eigenvalue weighted by atomic mass is 19.1. The van der Waals surface area contributed by atoms with Gasteiger partial charge in [-0.25, -0.2) is 14.3 Å². The normalized spacial score (nSPS) is 11.7. The molecule has 3 N–H and O–H groups in total. The molecule has 0 aliphatic carbocycles. The summed E-state index contributed by atoms with van der Waals surface area (Å²) in [6, 6.07) is 10.4. The third-order valence-corrected chi connectivity index (χ3v) is 4.27. The summed E-state index contributed by atoms with van der Waals surface area (Å²) in [5.74, 6) is -3.23. The second-order valence-corrected chi connectivity index (χ2v) is 6.44. The van der Waals surface area contributed by atoms with Crippen LogP contribution in [-0.2, 0) is 11.2 Å². The van der Waals surface area contributed by atoms with Crippen LogP contribution in [0.25, 0.3) is 11.1 Å². The van der Waals surface area contributed by atoms with E-state index < -0.39 is 29.6 Å². The van der Waals surface area contributed by atoms with Crippen LogP contribution in [0.3, 0.4) is 0 Å². The van der Waals surface area contributed by atoms with Gasteiger partial charge in [-0.2, -0.15) is 0 Å². The lowest BCUT2D eigenvalue weighted by Gasteiger charge is -2.17. The molecule has 10 heteroatoms. The number of hydrogen-bond donors (Lipinski definition) is 3. The minimum Gasteiger partial charge on any atom is -0.496 e. The van der Waals surface area contributed by atoms with Crippen LogP contribution in [0, 0.1) is 5.82 Å². The number of aliphatic carboxylic acids is 1. The maximum atomic E-state index is 13.6. The Morgan fingerprint density at radius 3 is 2.73 bits per heavy atom. The van der Waals surface area contributed by atoms with Gasteiger partial charge in [-0.3, -0.25) is 9.59 Å². The number of amides is 1. The Labute approximate surface area is 169 Å². The molecular formula is C20H18FN3O6. The number of carbonyl (C=O) groups is 2. The Hall–Kier alpha value is -3.95. The number of halogens is 1. The molecule has 0 fully saturated rings. The van der Waals surface area contributed by atoms with Crippen molar-refractivity contribution in [3.63, 3.8) is 0 Å². The topological polar surface area (TPSA) is 135 Å². The number of aromatic amines is 1. The van der Waals surface area contributed by atoms with Crippen molar-refractivity contribution in [2.24, 2.45) is 0 Å². The molecule has 0 bridgehead atoms. The summed E-state index contributed by atoms with van der Waals surface area (Å²) in [5, 5.41) is 17.0. The van der Waals surface area contributed by atoms with Crippen LogP contribution in [0.1, 0.15) is 22.7 Å². The SMILES string of the molecule is COc1cc(C[C@H](CC(=O)O)NC(=O)c2n[nH]c(=O)o2)ccc1-c1cccc(F)c1. The molecule has 0 aliphatic heterocycles. The van der Waals surface area contributed by atoms with E-state index in [1.54, 1.807) is 30.3 Å². The molecular weight excluding hydrogens is 397 g/mol. The van der Waals surface area contributed by atoms with Crippen molar-refractivity contribution < 1.29 is 28.2 Å². The van der Waals surface area contributed by atoms with E-state index in [2.05, 4.69) is 14.8 Å². The molecule has 3 aromatic rings. The van der Waals surface area contributed by atoms with Gasteiger partial charge in [0.15, 0.2) is 0 Å². The summed E-state index contributed by atoms with van der Waals surface area (Å²) >= 11 is 0. The van der Waals surface area contributed by atoms with Gasteiger partial charge in [0.25, 0.3) is 0 Å². The number of ether oxygens (including phenoxy) is 1. The number of carboxylic acid groups (broad SMARTS) is 1. The standard InChI is InChI=1S/C20H18FN3O6/c1-29-16-8-11(5-6-15(16)12-3-2-4-13(21)9-12)7-14(10-17(25)26)22-18(27)19-23-24-20(28)30-19/h2-6,8-9,14H,7,10H2,1H3,(H,22,27)(H,24,28)(H,25,26)/t14-/m1/s1. The number of aromatic nitrogens is 2. The second-order valence-electron chi connectivity index (χ2n) is 6.44. The lowest BCUT2D eigenvalue weighted by molar-refractivity contribution is -0.137. The minimum absolute atomic E-state index is 0.159. The zero-order valence-corrected chi connectivity index (χ0v) is 15.8. The summed E-state index contributed by atoms with van der Waals surface area (Å²) in [6.45, 7) is 0. The molecule has 0 spiro atoms. The number of rotatable bonds is 8. The molecule has 0 unspecified atom stereocenters. The third-order valence-electron chi connectivity index (χ3n) is 4.27. The molecule has 3 rings (SSSR count). The molecule has 0 aliphatic rings. The Kier molecular flexibility index (Phi) is 6.26. The fraction of sp³-hybridized carbons (Fsp3) is 0.200. The number of carboxylic acids is 1. The van der Waals surface area contributed by atoms with Gasteiger partial charge in [0.1, 0.15) is 11.6 Å². The molecule has 9 nitrogen and oxygen atoms in total. The van der Waals surface area contributed by atoms with Crippen molar-refractivity contribution in [1.29, 1.82) is 0 Å². The zero-order chi connectivity index (χ0) is 21.7. The minimum atomic E-state index is -1.12. The van der Waals surface area contributed by atoms with Gasteiger partial charge in [0.2, 0.25) is 0 Å². The van der Waals surface area contributed by atoms with Crippen LogP contribution in [0.15, 0.2) is 51.7 Å². The average Bonchev–Trinajstić information content (AvgIpc) is 3.14. The van der Waals surface area contributed by atoms with Crippen LogP contribution >= 0.6 is 0 Å². The van der Waals surface area contributed by atoms with Crippen molar-refractivity contribution in [2.45, 2.75) is 18.9 Å². The van der Waals surface area contributed by atoms with Gasteiger partial charge in [0, 0.05) is 11.6 Å². The first-order valence-corrected chi connectivity index (χ1v) is 8.86. The highest BCUT2D eigenvalue weighted by Gasteiger charge is 2.21. The van der Waals surface area contributed by atoms with Crippen LogP contribution in [-0.4, -0.2) is 40.3 Å². The fourth-order valence-electron chi connectivity index (χ4n) is 3.00. The van der Waals surface area contributed by atoms with Crippen molar-refractivity contribution in [3.8, 4) is 16.9 Å². The van der Waals surface area contributed by atoms with E-state index in [0.717, 1.165) is 0 Å². The van der Waals surface area contributed by atoms with E-state index in [-0.39, 0.29) is 18.7 Å². The van der Waals surface area contributed by atoms with E-state index >= 15 is 0 Å². The maximum absolute atomic E-state index is 13.6. The smallest absolute Gasteiger partial charge is 0.434 e. The number of hydrogen-bond acceptors (Lipinski definition) is 6. The van der Waals surface area contributed by atoms with Crippen LogP contribution in [0.2, 0.25) is 0 Å². The Balaban J connectivity index is 1.82. The second kappa shape index (κ2) is 9.03. The number of H-pyrrole nitrogens is 1. The zero-order valence-electron chi connectivity index (χ0n) is 15.8. The number of nitrogens with zero attached hydrogens (tertiary/aromatic N) is 1. The quantitative estimate of drug-likeness (QED) is 0.512. The van der Waals surface area contributed by atoms with Crippen LogP contribution in [0.4, 0.5) is 4.39 Å². The molecule has 1 amide bonds. The number of nitrogens with one attached hydrogen (secondary N) is 2. The average molecular weight is 415 g/mol. The van der Waals surface area contributed by atoms with E-state index in [1.165, 1.54) is 19.2 Å². The number of benzene rings is 2. The van der Waals surface area contributed by atoms with Crippen molar-refractivity contribution >= 4 is 11.9 Å².